The van der Waals surface area contributed by atoms with E-state index < -0.39 is 0 Å². The summed E-state index contributed by atoms with van der Waals surface area (Å²) in [6, 6.07) is 1.89. The van der Waals surface area contributed by atoms with Gasteiger partial charge in [-0.1, -0.05) is 0 Å². The zero-order valence-corrected chi connectivity index (χ0v) is 6.33. The Hall–Kier alpha value is -1.63. The lowest BCUT2D eigenvalue weighted by Gasteiger charge is -1.99. The summed E-state index contributed by atoms with van der Waals surface area (Å²) < 4.78 is 4.86. The van der Waals surface area contributed by atoms with Gasteiger partial charge in [0, 0.05) is 0 Å². The molecule has 0 aliphatic heterocycles. The second-order valence-electron chi connectivity index (χ2n) is 1.96. The highest BCUT2D eigenvalue weighted by molar-refractivity contribution is 5.24. The van der Waals surface area contributed by atoms with Crippen LogP contribution in [0.15, 0.2) is 6.20 Å². The summed E-state index contributed by atoms with van der Waals surface area (Å²) in [5.74, 6) is 0.462. The lowest BCUT2D eigenvalue weighted by molar-refractivity contribution is 0.391. The summed E-state index contributed by atoms with van der Waals surface area (Å²) in [7, 11) is 1.52. The Bertz CT molecular complexity index is 303. The highest BCUT2D eigenvalue weighted by Gasteiger charge is 2.00. The summed E-state index contributed by atoms with van der Waals surface area (Å²) in [6.45, 7) is 1.74. The molecule has 4 heteroatoms. The van der Waals surface area contributed by atoms with Gasteiger partial charge in [0.2, 0.25) is 5.88 Å². The number of ether oxygens (including phenoxy) is 1. The van der Waals surface area contributed by atoms with Crippen molar-refractivity contribution in [3.05, 3.63) is 17.6 Å². The van der Waals surface area contributed by atoms with Gasteiger partial charge in [0.1, 0.15) is 11.8 Å². The molecule has 0 atom stereocenters. The molecule has 0 saturated carbocycles. The number of nitrogens with zero attached hydrogens (tertiary/aromatic N) is 3. The van der Waals surface area contributed by atoms with E-state index in [4.69, 9.17) is 10.00 Å². The summed E-state index contributed by atoms with van der Waals surface area (Å²) in [5, 5.41) is 8.43. The van der Waals surface area contributed by atoms with Gasteiger partial charge in [-0.15, -0.1) is 0 Å². The Morgan fingerprint density at radius 3 is 2.82 bits per heavy atom. The zero-order valence-electron chi connectivity index (χ0n) is 6.33. The number of methoxy groups -OCH3 is 1. The second-order valence-corrected chi connectivity index (χ2v) is 1.96. The third-order valence-electron chi connectivity index (χ3n) is 1.21. The first-order chi connectivity index (χ1) is 5.27. The molecule has 1 aromatic rings. The molecular formula is C7H7N3O. The molecule has 1 aromatic heterocycles. The average molecular weight is 149 g/mol. The lowest BCUT2D eigenvalue weighted by atomic mass is 10.4. The van der Waals surface area contributed by atoms with Crippen molar-refractivity contribution in [3.63, 3.8) is 0 Å². The average Bonchev–Trinajstić information content (AvgIpc) is 2.04. The van der Waals surface area contributed by atoms with Crippen LogP contribution < -0.4 is 4.74 Å². The van der Waals surface area contributed by atoms with Crippen molar-refractivity contribution in [1.82, 2.24) is 9.97 Å². The maximum absolute atomic E-state index is 8.43. The third kappa shape index (κ3) is 1.44. The minimum Gasteiger partial charge on any atom is -0.480 e. The third-order valence-corrected chi connectivity index (χ3v) is 1.21. The van der Waals surface area contributed by atoms with E-state index in [-0.39, 0.29) is 0 Å². The smallest absolute Gasteiger partial charge is 0.235 e. The number of hydrogen-bond acceptors (Lipinski definition) is 4. The molecule has 0 aliphatic rings. The van der Waals surface area contributed by atoms with Crippen molar-refractivity contribution in [2.24, 2.45) is 0 Å². The van der Waals surface area contributed by atoms with Crippen LogP contribution in [0.25, 0.3) is 0 Å². The van der Waals surface area contributed by atoms with E-state index >= 15 is 0 Å². The minimum absolute atomic E-state index is 0.309. The fourth-order valence-corrected chi connectivity index (χ4v) is 0.725. The van der Waals surface area contributed by atoms with E-state index in [1.54, 1.807) is 6.92 Å². The van der Waals surface area contributed by atoms with E-state index in [1.165, 1.54) is 13.3 Å². The van der Waals surface area contributed by atoms with E-state index in [9.17, 15) is 0 Å². The molecule has 0 aromatic carbocycles. The Labute approximate surface area is 64.5 Å². The van der Waals surface area contributed by atoms with Crippen molar-refractivity contribution in [2.75, 3.05) is 7.11 Å². The molecular weight excluding hydrogens is 142 g/mol. The van der Waals surface area contributed by atoms with Crippen LogP contribution in [0.3, 0.4) is 0 Å². The fourth-order valence-electron chi connectivity index (χ4n) is 0.725. The maximum Gasteiger partial charge on any atom is 0.235 e. The largest absolute Gasteiger partial charge is 0.480 e. The minimum atomic E-state index is 0.309. The van der Waals surface area contributed by atoms with Crippen LogP contribution in [-0.4, -0.2) is 17.1 Å². The van der Waals surface area contributed by atoms with E-state index in [2.05, 4.69) is 9.97 Å². The van der Waals surface area contributed by atoms with E-state index in [1.807, 2.05) is 6.07 Å². The Balaban J connectivity index is 3.12. The molecule has 0 unspecified atom stereocenters. The molecule has 0 aliphatic carbocycles. The maximum atomic E-state index is 8.43. The van der Waals surface area contributed by atoms with E-state index in [0.717, 1.165) is 0 Å². The quantitative estimate of drug-likeness (QED) is 0.588. The summed E-state index contributed by atoms with van der Waals surface area (Å²) in [4.78, 5) is 7.77. The van der Waals surface area contributed by atoms with Crippen molar-refractivity contribution >= 4 is 0 Å². The molecule has 56 valence electrons. The summed E-state index contributed by atoms with van der Waals surface area (Å²) >= 11 is 0. The van der Waals surface area contributed by atoms with Crippen molar-refractivity contribution in [3.8, 4) is 11.9 Å². The van der Waals surface area contributed by atoms with Gasteiger partial charge in [-0.05, 0) is 6.92 Å². The molecule has 0 radical (unpaired) electrons. The van der Waals surface area contributed by atoms with Gasteiger partial charge in [0.15, 0.2) is 5.69 Å². The SMILES string of the molecule is COc1ncc(C#N)nc1C. The number of aromatic nitrogens is 2. The highest BCUT2D eigenvalue weighted by atomic mass is 16.5. The van der Waals surface area contributed by atoms with Crippen molar-refractivity contribution in [1.29, 1.82) is 5.26 Å². The number of aryl methyl sites for hydroxylation is 1. The second kappa shape index (κ2) is 2.97. The van der Waals surface area contributed by atoms with Crippen molar-refractivity contribution < 1.29 is 4.74 Å². The standard InChI is InChI=1S/C7H7N3O/c1-5-7(11-2)9-4-6(3-8)10-5/h4H,1-2H3. The summed E-state index contributed by atoms with van der Waals surface area (Å²) in [5.41, 5.74) is 0.940. The van der Waals surface area contributed by atoms with Crippen LogP contribution in [0.5, 0.6) is 5.88 Å². The molecule has 0 saturated heterocycles. The van der Waals surface area contributed by atoms with Crippen LogP contribution in [0, 0.1) is 18.3 Å². The Morgan fingerprint density at radius 1 is 1.64 bits per heavy atom. The highest BCUT2D eigenvalue weighted by Crippen LogP contribution is 2.09. The predicted molar refractivity (Wildman–Crippen MR) is 38.0 cm³/mol. The number of nitriles is 1. The van der Waals surface area contributed by atoms with Crippen LogP contribution in [0.2, 0.25) is 0 Å². The molecule has 4 nitrogen and oxygen atoms in total. The topological polar surface area (TPSA) is 58.8 Å². The van der Waals surface area contributed by atoms with E-state index in [0.29, 0.717) is 17.3 Å². The van der Waals surface area contributed by atoms with Gasteiger partial charge in [0.05, 0.1) is 13.3 Å². The number of hydrogen-bond donors (Lipinski definition) is 0. The predicted octanol–water partition coefficient (Wildman–Crippen LogP) is 0.665. The monoisotopic (exact) mass is 149 g/mol. The molecule has 1 heterocycles. The molecule has 11 heavy (non-hydrogen) atoms. The number of rotatable bonds is 1. The van der Waals surface area contributed by atoms with Gasteiger partial charge < -0.3 is 4.74 Å². The van der Waals surface area contributed by atoms with Crippen LogP contribution >= 0.6 is 0 Å². The normalized spacial score (nSPS) is 8.82. The molecule has 0 N–H and O–H groups in total. The van der Waals surface area contributed by atoms with Gasteiger partial charge in [-0.3, -0.25) is 0 Å². The summed E-state index contributed by atoms with van der Waals surface area (Å²) in [6.07, 6.45) is 1.38. The van der Waals surface area contributed by atoms with Crippen LogP contribution in [0.1, 0.15) is 11.4 Å². The first-order valence-electron chi connectivity index (χ1n) is 3.05. The van der Waals surface area contributed by atoms with Gasteiger partial charge in [0.25, 0.3) is 0 Å². The Morgan fingerprint density at radius 2 is 2.36 bits per heavy atom. The van der Waals surface area contributed by atoms with Crippen molar-refractivity contribution in [2.45, 2.75) is 6.92 Å². The van der Waals surface area contributed by atoms with Gasteiger partial charge >= 0.3 is 0 Å². The first kappa shape index (κ1) is 7.48. The molecule has 0 bridgehead atoms. The molecule has 0 amide bonds. The fraction of sp³-hybridized carbons (Fsp3) is 0.286. The molecule has 1 rings (SSSR count). The molecule has 0 fully saturated rings. The van der Waals surface area contributed by atoms with Crippen LogP contribution in [-0.2, 0) is 0 Å². The first-order valence-corrected chi connectivity index (χ1v) is 3.05. The van der Waals surface area contributed by atoms with Crippen LogP contribution in [0.4, 0.5) is 0 Å². The lowest BCUT2D eigenvalue weighted by Crippen LogP contribution is -1.95. The van der Waals surface area contributed by atoms with Gasteiger partial charge in [-0.2, -0.15) is 5.26 Å². The zero-order chi connectivity index (χ0) is 8.27. The Kier molecular flexibility index (Phi) is 2.02. The molecule has 0 spiro atoms. The van der Waals surface area contributed by atoms with Gasteiger partial charge in [-0.25, -0.2) is 9.97 Å².